The molecule has 0 amide bonds. The smallest absolute Gasteiger partial charge is 0.306 e. The summed E-state index contributed by atoms with van der Waals surface area (Å²) in [5.74, 6) is 1.62. The lowest BCUT2D eigenvalue weighted by Gasteiger charge is -2.17. The van der Waals surface area contributed by atoms with Gasteiger partial charge in [-0.15, -0.1) is 0 Å². The Morgan fingerprint density at radius 3 is 1.09 bits per heavy atom. The summed E-state index contributed by atoms with van der Waals surface area (Å²) >= 11 is 0. The summed E-state index contributed by atoms with van der Waals surface area (Å²) in [7, 11) is 4.08. The zero-order valence-electron chi connectivity index (χ0n) is 39.0. The first-order valence-corrected chi connectivity index (χ1v) is 24.9. The molecular formula is C50H97NO6. The van der Waals surface area contributed by atoms with E-state index in [-0.39, 0.29) is 17.9 Å². The van der Waals surface area contributed by atoms with Crippen molar-refractivity contribution >= 4 is 17.9 Å². The maximum Gasteiger partial charge on any atom is 0.306 e. The fourth-order valence-corrected chi connectivity index (χ4v) is 8.10. The van der Waals surface area contributed by atoms with Gasteiger partial charge in [-0.25, -0.2) is 0 Å². The molecule has 0 aromatic carbocycles. The molecule has 7 nitrogen and oxygen atoms in total. The van der Waals surface area contributed by atoms with Crippen LogP contribution in [0, 0.1) is 17.8 Å². The van der Waals surface area contributed by atoms with E-state index >= 15 is 0 Å². The molecule has 0 radical (unpaired) electrons. The lowest BCUT2D eigenvalue weighted by atomic mass is 9.91. The molecule has 0 bridgehead atoms. The summed E-state index contributed by atoms with van der Waals surface area (Å²) in [5.41, 5.74) is 0. The van der Waals surface area contributed by atoms with Crippen molar-refractivity contribution in [2.24, 2.45) is 17.8 Å². The average molecular weight is 808 g/mol. The minimum absolute atomic E-state index is 0.0327. The lowest BCUT2D eigenvalue weighted by molar-refractivity contribution is -0.145. The van der Waals surface area contributed by atoms with Crippen LogP contribution in [-0.2, 0) is 28.6 Å². The Morgan fingerprint density at radius 2 is 0.702 bits per heavy atom. The minimum atomic E-state index is -0.0581. The summed E-state index contributed by atoms with van der Waals surface area (Å²) in [6.45, 7) is 11.6. The third kappa shape index (κ3) is 39.6. The topological polar surface area (TPSA) is 82.1 Å². The second-order valence-corrected chi connectivity index (χ2v) is 17.8. The second kappa shape index (κ2) is 42.5. The number of ether oxygens (including phenoxy) is 3. The third-order valence-corrected chi connectivity index (χ3v) is 11.9. The molecule has 0 fully saturated rings. The molecule has 0 atom stereocenters. The van der Waals surface area contributed by atoms with Crippen LogP contribution >= 0.6 is 0 Å². The highest BCUT2D eigenvalue weighted by molar-refractivity contribution is 5.70. The first-order valence-electron chi connectivity index (χ1n) is 24.9. The normalized spacial score (nSPS) is 11.7. The highest BCUT2D eigenvalue weighted by Crippen LogP contribution is 2.25. The van der Waals surface area contributed by atoms with Crippen molar-refractivity contribution in [3.63, 3.8) is 0 Å². The molecule has 0 saturated carbocycles. The van der Waals surface area contributed by atoms with Gasteiger partial charge >= 0.3 is 17.9 Å². The van der Waals surface area contributed by atoms with Crippen LogP contribution in [0.3, 0.4) is 0 Å². The Hall–Kier alpha value is -1.63. The summed E-state index contributed by atoms with van der Waals surface area (Å²) in [6, 6.07) is 0. The quantitative estimate of drug-likeness (QED) is 0.0344. The van der Waals surface area contributed by atoms with Gasteiger partial charge in [0.25, 0.3) is 0 Å². The number of carbonyl (C=O) groups is 3. The molecule has 0 unspecified atom stereocenters. The van der Waals surface area contributed by atoms with E-state index in [1.165, 1.54) is 103 Å². The minimum Gasteiger partial charge on any atom is -0.466 e. The Labute approximate surface area is 354 Å². The van der Waals surface area contributed by atoms with Crippen LogP contribution in [0.5, 0.6) is 0 Å². The van der Waals surface area contributed by atoms with Gasteiger partial charge in [0.15, 0.2) is 0 Å². The predicted molar refractivity (Wildman–Crippen MR) is 242 cm³/mol. The van der Waals surface area contributed by atoms with E-state index in [4.69, 9.17) is 14.2 Å². The van der Waals surface area contributed by atoms with Gasteiger partial charge in [-0.1, -0.05) is 182 Å². The predicted octanol–water partition coefficient (Wildman–Crippen LogP) is 14.4. The van der Waals surface area contributed by atoms with Crippen molar-refractivity contribution in [3.05, 3.63) is 0 Å². The van der Waals surface area contributed by atoms with Crippen LogP contribution in [0.25, 0.3) is 0 Å². The van der Waals surface area contributed by atoms with E-state index in [9.17, 15) is 14.4 Å². The van der Waals surface area contributed by atoms with Crippen LogP contribution in [0.4, 0.5) is 0 Å². The maximum atomic E-state index is 12.7. The van der Waals surface area contributed by atoms with E-state index in [1.807, 2.05) is 14.1 Å². The van der Waals surface area contributed by atoms with Gasteiger partial charge in [0, 0.05) is 25.8 Å². The Bertz CT molecular complexity index is 818. The number of nitrogens with zero attached hydrogens (tertiary/aromatic N) is 1. The summed E-state index contributed by atoms with van der Waals surface area (Å²) in [6.07, 6.45) is 37.7. The van der Waals surface area contributed by atoms with Crippen LogP contribution < -0.4 is 0 Å². The van der Waals surface area contributed by atoms with E-state index in [2.05, 4.69) is 32.6 Å². The summed E-state index contributed by atoms with van der Waals surface area (Å²) in [5, 5.41) is 0. The molecular weight excluding hydrogens is 711 g/mol. The molecule has 7 heteroatoms. The summed E-state index contributed by atoms with van der Waals surface area (Å²) in [4.78, 5) is 39.6. The number of hydrogen-bond acceptors (Lipinski definition) is 7. The molecule has 0 aliphatic heterocycles. The molecule has 0 aromatic rings. The monoisotopic (exact) mass is 808 g/mol. The number of rotatable bonds is 44. The molecule has 0 aliphatic rings. The molecule has 0 heterocycles. The van der Waals surface area contributed by atoms with Crippen molar-refractivity contribution in [3.8, 4) is 0 Å². The Balaban J connectivity index is 4.39. The highest BCUT2D eigenvalue weighted by Gasteiger charge is 2.16. The van der Waals surface area contributed by atoms with Gasteiger partial charge in [-0.3, -0.25) is 14.4 Å². The molecule has 338 valence electrons. The first kappa shape index (κ1) is 55.4. The molecule has 0 spiro atoms. The van der Waals surface area contributed by atoms with Crippen molar-refractivity contribution in [1.82, 2.24) is 4.90 Å². The van der Waals surface area contributed by atoms with Crippen molar-refractivity contribution in [2.75, 3.05) is 40.5 Å². The molecule has 0 aromatic heterocycles. The van der Waals surface area contributed by atoms with Gasteiger partial charge in [-0.2, -0.15) is 0 Å². The average Bonchev–Trinajstić information content (AvgIpc) is 3.18. The van der Waals surface area contributed by atoms with Gasteiger partial charge < -0.3 is 19.1 Å². The van der Waals surface area contributed by atoms with Crippen LogP contribution in [0.1, 0.15) is 246 Å². The largest absolute Gasteiger partial charge is 0.466 e. The van der Waals surface area contributed by atoms with E-state index < -0.39 is 0 Å². The molecule has 0 rings (SSSR count). The van der Waals surface area contributed by atoms with Gasteiger partial charge in [-0.05, 0) is 76.8 Å². The summed E-state index contributed by atoms with van der Waals surface area (Å²) < 4.78 is 16.9. The standard InChI is InChI=1S/C50H97NO6/c1-7-11-21-30-45(31-22-12-8-2)38-42-56-48(52)36-27-19-15-17-25-34-47(44-50(54)55-41-29-40-51(5)6)35-26-18-16-20-28-37-49(53)57-43-39-46(32-23-13-9-3)33-24-14-10-4/h45-47H,7-44H2,1-6H3. The molecule has 57 heavy (non-hydrogen) atoms. The van der Waals surface area contributed by atoms with E-state index in [1.54, 1.807) is 0 Å². The number of unbranched alkanes of at least 4 members (excludes halogenated alkanes) is 16. The SMILES string of the molecule is CCCCCC(CCCCC)CCOC(=O)CCCCCCCC(CCCCCCCC(=O)OCCC(CCCCC)CCCCC)CC(=O)OCCCN(C)C. The highest BCUT2D eigenvalue weighted by atomic mass is 16.5. The lowest BCUT2D eigenvalue weighted by Crippen LogP contribution is -2.17. The maximum absolute atomic E-state index is 12.7. The van der Waals surface area contributed by atoms with Crippen molar-refractivity contribution in [1.29, 1.82) is 0 Å². The van der Waals surface area contributed by atoms with Crippen LogP contribution in [0.15, 0.2) is 0 Å². The third-order valence-electron chi connectivity index (χ3n) is 11.9. The zero-order valence-corrected chi connectivity index (χ0v) is 39.0. The van der Waals surface area contributed by atoms with Gasteiger partial charge in [0.1, 0.15) is 0 Å². The van der Waals surface area contributed by atoms with Crippen LogP contribution in [0.2, 0.25) is 0 Å². The fourth-order valence-electron chi connectivity index (χ4n) is 8.10. The van der Waals surface area contributed by atoms with Gasteiger partial charge in [0.2, 0.25) is 0 Å². The molecule has 0 saturated heterocycles. The Kier molecular flexibility index (Phi) is 41.3. The van der Waals surface area contributed by atoms with Gasteiger partial charge in [0.05, 0.1) is 19.8 Å². The fraction of sp³-hybridized carbons (Fsp3) is 0.940. The molecule has 0 N–H and O–H groups in total. The number of esters is 3. The molecule has 0 aliphatic carbocycles. The number of hydrogen-bond donors (Lipinski definition) is 0. The van der Waals surface area contributed by atoms with E-state index in [0.717, 1.165) is 103 Å². The second-order valence-electron chi connectivity index (χ2n) is 17.8. The first-order chi connectivity index (χ1) is 27.7. The van der Waals surface area contributed by atoms with E-state index in [0.29, 0.717) is 56.8 Å². The number of carbonyl (C=O) groups excluding carboxylic acids is 3. The van der Waals surface area contributed by atoms with Crippen molar-refractivity contribution < 1.29 is 28.6 Å². The van der Waals surface area contributed by atoms with Crippen molar-refractivity contribution in [2.45, 2.75) is 246 Å². The van der Waals surface area contributed by atoms with Crippen LogP contribution in [-0.4, -0.2) is 63.3 Å². The Morgan fingerprint density at radius 1 is 0.368 bits per heavy atom. The zero-order chi connectivity index (χ0) is 42.0.